The van der Waals surface area contributed by atoms with Gasteiger partial charge >= 0.3 is 5.97 Å². The molecule has 0 heterocycles. The van der Waals surface area contributed by atoms with Crippen LogP contribution in [0.15, 0.2) is 12.1 Å². The van der Waals surface area contributed by atoms with Crippen LogP contribution < -0.4 is 0 Å². The first kappa shape index (κ1) is 20.7. The number of benzene rings is 1. The van der Waals surface area contributed by atoms with Gasteiger partial charge in [-0.15, -0.1) is 0 Å². The van der Waals surface area contributed by atoms with Crippen molar-refractivity contribution in [2.75, 3.05) is 0 Å². The molecule has 29 heavy (non-hydrogen) atoms. The fourth-order valence-corrected chi connectivity index (χ4v) is 7.02. The first-order valence-corrected chi connectivity index (χ1v) is 11.6. The van der Waals surface area contributed by atoms with Crippen molar-refractivity contribution in [3.8, 4) is 5.75 Å². The number of aliphatic carboxylic acids is 1. The van der Waals surface area contributed by atoms with Crippen molar-refractivity contribution in [1.82, 2.24) is 0 Å². The standard InChI is InChI=1S/C25H36O4/c1-3-4-5-6-19(24(28)29)20-14-16(26)13-15-7-8-17-18(23(15)20)11-12-25(2)21(17)9-10-22(25)27/h13-14,17-19,21-22,26-27H,3-12H2,1-2H3,(H,28,29)/t17-,18+,19?,21+,22+,25+/m1/s1. The SMILES string of the molecule is CCCCCC(C(=O)O)c1cc(O)cc2c1[C@H]1CC[C@]3(C)[C@@H](O)CC[C@H]3[C@@H]1CC2. The largest absolute Gasteiger partial charge is 0.508 e. The highest BCUT2D eigenvalue weighted by Gasteiger charge is 2.54. The molecular formula is C25H36O4. The van der Waals surface area contributed by atoms with E-state index in [0.29, 0.717) is 24.2 Å². The number of hydrogen-bond donors (Lipinski definition) is 3. The molecule has 0 radical (unpaired) electrons. The number of carboxylic acid groups (broad SMARTS) is 1. The number of rotatable bonds is 6. The quantitative estimate of drug-likeness (QED) is 0.562. The minimum absolute atomic E-state index is 0.0169. The summed E-state index contributed by atoms with van der Waals surface area (Å²) in [6.07, 6.45) is 9.43. The van der Waals surface area contributed by atoms with E-state index in [9.17, 15) is 20.1 Å². The summed E-state index contributed by atoms with van der Waals surface area (Å²) in [5, 5.41) is 31.0. The van der Waals surface area contributed by atoms with Crippen LogP contribution in [0.3, 0.4) is 0 Å². The van der Waals surface area contributed by atoms with E-state index in [-0.39, 0.29) is 17.3 Å². The van der Waals surface area contributed by atoms with Crippen molar-refractivity contribution in [3.63, 3.8) is 0 Å². The number of hydrogen-bond acceptors (Lipinski definition) is 3. The predicted molar refractivity (Wildman–Crippen MR) is 113 cm³/mol. The van der Waals surface area contributed by atoms with Crippen molar-refractivity contribution in [2.24, 2.45) is 17.3 Å². The van der Waals surface area contributed by atoms with Gasteiger partial charge in [-0.3, -0.25) is 4.79 Å². The molecule has 0 bridgehead atoms. The summed E-state index contributed by atoms with van der Waals surface area (Å²) in [5.74, 6) is 0.305. The second kappa shape index (κ2) is 7.94. The number of unbranched alkanes of at least 4 members (excludes halogenated alkanes) is 2. The van der Waals surface area contributed by atoms with Crippen LogP contribution >= 0.6 is 0 Å². The Hall–Kier alpha value is -1.55. The summed E-state index contributed by atoms with van der Waals surface area (Å²) in [7, 11) is 0. The highest BCUT2D eigenvalue weighted by molar-refractivity contribution is 5.77. The summed E-state index contributed by atoms with van der Waals surface area (Å²) < 4.78 is 0. The van der Waals surface area contributed by atoms with E-state index in [2.05, 4.69) is 13.8 Å². The van der Waals surface area contributed by atoms with Gasteiger partial charge in [-0.05, 0) is 96.9 Å². The number of carboxylic acids is 1. The zero-order valence-corrected chi connectivity index (χ0v) is 17.9. The lowest BCUT2D eigenvalue weighted by molar-refractivity contribution is -0.139. The lowest BCUT2D eigenvalue weighted by atomic mass is 9.54. The van der Waals surface area contributed by atoms with E-state index in [1.165, 1.54) is 5.56 Å². The molecule has 0 amide bonds. The minimum Gasteiger partial charge on any atom is -0.508 e. The number of phenols is 1. The minimum atomic E-state index is -0.770. The van der Waals surface area contributed by atoms with Crippen molar-refractivity contribution in [3.05, 3.63) is 28.8 Å². The highest BCUT2D eigenvalue weighted by Crippen LogP contribution is 2.61. The molecule has 4 nitrogen and oxygen atoms in total. The van der Waals surface area contributed by atoms with E-state index in [1.807, 2.05) is 6.07 Å². The van der Waals surface area contributed by atoms with Crippen molar-refractivity contribution >= 4 is 5.97 Å². The van der Waals surface area contributed by atoms with Crippen molar-refractivity contribution in [2.45, 2.75) is 96.0 Å². The Labute approximate surface area is 174 Å². The molecule has 3 N–H and O–H groups in total. The average molecular weight is 401 g/mol. The molecule has 4 heteroatoms. The van der Waals surface area contributed by atoms with Crippen LogP contribution in [0.1, 0.15) is 100 Å². The van der Waals surface area contributed by atoms with Gasteiger partial charge in [-0.2, -0.15) is 0 Å². The van der Waals surface area contributed by atoms with Crippen LogP contribution in [0.2, 0.25) is 0 Å². The molecule has 160 valence electrons. The molecule has 0 aliphatic heterocycles. The number of aliphatic hydroxyl groups is 1. The molecule has 1 aromatic rings. The van der Waals surface area contributed by atoms with E-state index >= 15 is 0 Å². The normalized spacial score (nSPS) is 34.2. The van der Waals surface area contributed by atoms with Gasteiger partial charge in [0.05, 0.1) is 12.0 Å². The van der Waals surface area contributed by atoms with Gasteiger partial charge in [0.2, 0.25) is 0 Å². The molecule has 6 atom stereocenters. The van der Waals surface area contributed by atoms with Crippen LogP contribution in [-0.2, 0) is 11.2 Å². The number of carbonyl (C=O) groups is 1. The second-order valence-electron chi connectivity index (χ2n) is 10.0. The molecule has 2 saturated carbocycles. The first-order chi connectivity index (χ1) is 13.9. The number of phenolic OH excluding ortho intramolecular Hbond substituents is 1. The number of aromatic hydroxyl groups is 1. The summed E-state index contributed by atoms with van der Waals surface area (Å²) in [5.41, 5.74) is 3.26. The van der Waals surface area contributed by atoms with Gasteiger partial charge in [0.15, 0.2) is 0 Å². The zero-order valence-electron chi connectivity index (χ0n) is 17.9. The van der Waals surface area contributed by atoms with Gasteiger partial charge in [0, 0.05) is 0 Å². The Bertz CT molecular complexity index is 772. The third kappa shape index (κ3) is 3.48. The molecule has 3 aliphatic carbocycles. The van der Waals surface area contributed by atoms with E-state index in [0.717, 1.165) is 68.9 Å². The van der Waals surface area contributed by atoms with E-state index in [1.54, 1.807) is 6.07 Å². The van der Waals surface area contributed by atoms with Gasteiger partial charge in [-0.1, -0.05) is 33.1 Å². The second-order valence-corrected chi connectivity index (χ2v) is 10.0. The van der Waals surface area contributed by atoms with Crippen molar-refractivity contribution < 1.29 is 20.1 Å². The summed E-state index contributed by atoms with van der Waals surface area (Å²) >= 11 is 0. The molecule has 1 unspecified atom stereocenters. The average Bonchev–Trinajstić information content (AvgIpc) is 2.99. The predicted octanol–water partition coefficient (Wildman–Crippen LogP) is 5.36. The Morgan fingerprint density at radius 2 is 2.00 bits per heavy atom. The fourth-order valence-electron chi connectivity index (χ4n) is 7.02. The number of aliphatic hydroxyl groups excluding tert-OH is 1. The Morgan fingerprint density at radius 3 is 2.72 bits per heavy atom. The van der Waals surface area contributed by atoms with Crippen LogP contribution in [0, 0.1) is 17.3 Å². The maximum absolute atomic E-state index is 12.2. The first-order valence-electron chi connectivity index (χ1n) is 11.6. The molecule has 4 rings (SSSR count). The third-order valence-electron chi connectivity index (χ3n) is 8.56. The van der Waals surface area contributed by atoms with Gasteiger partial charge < -0.3 is 15.3 Å². The Morgan fingerprint density at radius 1 is 1.21 bits per heavy atom. The monoisotopic (exact) mass is 400 g/mol. The molecule has 1 aromatic carbocycles. The molecule has 2 fully saturated rings. The Balaban J connectivity index is 1.73. The van der Waals surface area contributed by atoms with Crippen LogP contribution in [0.4, 0.5) is 0 Å². The van der Waals surface area contributed by atoms with Gasteiger partial charge in [-0.25, -0.2) is 0 Å². The molecule has 0 spiro atoms. The lowest BCUT2D eigenvalue weighted by Crippen LogP contribution is -2.44. The lowest BCUT2D eigenvalue weighted by Gasteiger charge is -2.50. The van der Waals surface area contributed by atoms with Gasteiger partial charge in [0.1, 0.15) is 5.75 Å². The summed E-state index contributed by atoms with van der Waals surface area (Å²) in [4.78, 5) is 12.2. The zero-order chi connectivity index (χ0) is 20.8. The maximum atomic E-state index is 12.2. The van der Waals surface area contributed by atoms with Crippen LogP contribution in [-0.4, -0.2) is 27.4 Å². The number of aryl methyl sites for hydroxylation is 1. The van der Waals surface area contributed by atoms with E-state index in [4.69, 9.17) is 0 Å². The van der Waals surface area contributed by atoms with E-state index < -0.39 is 11.9 Å². The molecule has 0 aromatic heterocycles. The summed E-state index contributed by atoms with van der Waals surface area (Å²) in [6.45, 7) is 4.40. The van der Waals surface area contributed by atoms with Crippen LogP contribution in [0.25, 0.3) is 0 Å². The van der Waals surface area contributed by atoms with Crippen LogP contribution in [0.5, 0.6) is 5.75 Å². The smallest absolute Gasteiger partial charge is 0.310 e. The fraction of sp³-hybridized carbons (Fsp3) is 0.720. The molecule has 0 saturated heterocycles. The third-order valence-corrected chi connectivity index (χ3v) is 8.56. The van der Waals surface area contributed by atoms with Gasteiger partial charge in [0.25, 0.3) is 0 Å². The maximum Gasteiger partial charge on any atom is 0.310 e. The molecular weight excluding hydrogens is 364 g/mol. The topological polar surface area (TPSA) is 77.8 Å². The highest BCUT2D eigenvalue weighted by atomic mass is 16.4. The molecule has 3 aliphatic rings. The Kier molecular flexibility index (Phi) is 5.67. The summed E-state index contributed by atoms with van der Waals surface area (Å²) in [6, 6.07) is 3.61. The van der Waals surface area contributed by atoms with Crippen molar-refractivity contribution in [1.29, 1.82) is 0 Å². The number of fused-ring (bicyclic) bond motifs is 5.